The average Bonchev–Trinajstić information content (AvgIpc) is 3.56. The highest BCUT2D eigenvalue weighted by molar-refractivity contribution is 7.13. The van der Waals surface area contributed by atoms with Gasteiger partial charge in [-0.1, -0.05) is 13.0 Å². The third-order valence-corrected chi connectivity index (χ3v) is 6.09. The normalized spacial score (nSPS) is 11.0. The van der Waals surface area contributed by atoms with Crippen molar-refractivity contribution < 1.29 is 19.0 Å². The lowest BCUT2D eigenvalue weighted by atomic mass is 10.1. The van der Waals surface area contributed by atoms with Gasteiger partial charge in [0.1, 0.15) is 11.5 Å². The van der Waals surface area contributed by atoms with Crippen LogP contribution in [0.4, 0.5) is 5.82 Å². The van der Waals surface area contributed by atoms with E-state index in [9.17, 15) is 9.59 Å². The number of thiophene rings is 1. The minimum Gasteiger partial charge on any atom is -0.493 e. The zero-order chi connectivity index (χ0) is 25.7. The van der Waals surface area contributed by atoms with Crippen LogP contribution < -0.4 is 25.1 Å². The van der Waals surface area contributed by atoms with E-state index in [-0.39, 0.29) is 11.5 Å². The molecule has 0 fully saturated rings. The molecule has 10 nitrogen and oxygen atoms in total. The molecule has 1 amide bonds. The number of hydrogen-bond donors (Lipinski definition) is 2. The Morgan fingerprint density at radius 1 is 1.14 bits per heavy atom. The third-order valence-electron chi connectivity index (χ3n) is 5.19. The number of aromatic amines is 1. The maximum Gasteiger partial charge on any atom is 0.252 e. The number of anilines is 1. The van der Waals surface area contributed by atoms with E-state index in [1.807, 2.05) is 24.4 Å². The highest BCUT2D eigenvalue weighted by Crippen LogP contribution is 2.38. The monoisotopic (exact) mass is 507 g/mol. The Balaban J connectivity index is 1.66. The van der Waals surface area contributed by atoms with Gasteiger partial charge in [-0.15, -0.1) is 11.3 Å². The van der Waals surface area contributed by atoms with Gasteiger partial charge in [-0.3, -0.25) is 14.6 Å². The molecule has 1 aromatic carbocycles. The Kier molecular flexibility index (Phi) is 7.50. The first kappa shape index (κ1) is 24.7. The van der Waals surface area contributed by atoms with E-state index in [1.165, 1.54) is 49.5 Å². The quantitative estimate of drug-likeness (QED) is 0.329. The molecule has 0 aliphatic rings. The lowest BCUT2D eigenvalue weighted by molar-refractivity contribution is -0.111. The molecule has 0 unspecified atom stereocenters. The second-order valence-electron chi connectivity index (χ2n) is 7.50. The van der Waals surface area contributed by atoms with Gasteiger partial charge in [0.05, 0.1) is 26.2 Å². The van der Waals surface area contributed by atoms with Crippen molar-refractivity contribution in [1.82, 2.24) is 19.7 Å². The van der Waals surface area contributed by atoms with Crippen LogP contribution in [0.25, 0.3) is 22.6 Å². The molecule has 3 heterocycles. The zero-order valence-corrected chi connectivity index (χ0v) is 21.0. The highest BCUT2D eigenvalue weighted by atomic mass is 32.1. The van der Waals surface area contributed by atoms with E-state index in [0.717, 1.165) is 4.88 Å². The molecule has 0 aliphatic carbocycles. The van der Waals surface area contributed by atoms with Gasteiger partial charge in [-0.2, -0.15) is 9.78 Å². The Hall–Kier alpha value is -4.38. The summed E-state index contributed by atoms with van der Waals surface area (Å²) in [7, 11) is 4.57. The fourth-order valence-corrected chi connectivity index (χ4v) is 4.17. The Bertz CT molecular complexity index is 1430. The number of ether oxygens (including phenoxy) is 3. The van der Waals surface area contributed by atoms with E-state index >= 15 is 0 Å². The lowest BCUT2D eigenvalue weighted by Gasteiger charge is -2.12. The molecule has 0 radical (unpaired) electrons. The van der Waals surface area contributed by atoms with Crippen molar-refractivity contribution in [1.29, 1.82) is 0 Å². The van der Waals surface area contributed by atoms with E-state index < -0.39 is 5.91 Å². The number of aryl methyl sites for hydroxylation is 1. The van der Waals surface area contributed by atoms with Crippen molar-refractivity contribution in [3.8, 4) is 33.8 Å². The predicted octanol–water partition coefficient (Wildman–Crippen LogP) is 3.92. The maximum atomic E-state index is 12.9. The summed E-state index contributed by atoms with van der Waals surface area (Å²) >= 11 is 1.51. The molecule has 0 bridgehead atoms. The number of carbonyl (C=O) groups excluding carboxylic acids is 1. The van der Waals surface area contributed by atoms with E-state index in [4.69, 9.17) is 14.2 Å². The smallest absolute Gasteiger partial charge is 0.252 e. The summed E-state index contributed by atoms with van der Waals surface area (Å²) in [6.45, 7) is 1.91. The Morgan fingerprint density at radius 3 is 2.50 bits per heavy atom. The molecule has 3 aromatic heterocycles. The van der Waals surface area contributed by atoms with Crippen LogP contribution in [0.15, 0.2) is 52.6 Å². The molecule has 2 N–H and O–H groups in total. The first-order chi connectivity index (χ1) is 17.4. The minimum absolute atomic E-state index is 0.214. The van der Waals surface area contributed by atoms with Gasteiger partial charge in [0, 0.05) is 23.9 Å². The van der Waals surface area contributed by atoms with Crippen LogP contribution in [0.1, 0.15) is 18.2 Å². The summed E-state index contributed by atoms with van der Waals surface area (Å²) in [5.41, 5.74) is 1.62. The summed E-state index contributed by atoms with van der Waals surface area (Å²) in [5, 5.41) is 9.35. The van der Waals surface area contributed by atoms with Crippen LogP contribution in [0, 0.1) is 0 Å². The number of hydrogen-bond acceptors (Lipinski definition) is 8. The van der Waals surface area contributed by atoms with Crippen LogP contribution in [0.5, 0.6) is 17.2 Å². The summed E-state index contributed by atoms with van der Waals surface area (Å²) in [4.78, 5) is 33.1. The molecule has 0 spiro atoms. The van der Waals surface area contributed by atoms with Crippen molar-refractivity contribution in [2.24, 2.45) is 0 Å². The molecule has 0 aliphatic heterocycles. The topological polar surface area (TPSA) is 120 Å². The number of nitrogens with one attached hydrogen (secondary N) is 2. The van der Waals surface area contributed by atoms with Gasteiger partial charge in [0.2, 0.25) is 17.6 Å². The molecule has 4 aromatic rings. The van der Waals surface area contributed by atoms with Crippen LogP contribution >= 0.6 is 11.3 Å². The van der Waals surface area contributed by atoms with E-state index in [2.05, 4.69) is 20.4 Å². The number of nitrogens with zero attached hydrogens (tertiary/aromatic N) is 3. The molecular formula is C25H25N5O5S. The fraction of sp³-hybridized carbons (Fsp3) is 0.200. The standard InChI is InChI=1S/C25H25N5O5S/c1-5-16-13-23(32)28-25(26-16)30-21(14-17(29-30)20-7-6-10-36-20)27-22(31)9-8-15-11-18(33-2)24(35-4)19(12-15)34-3/h6-14H,5H2,1-4H3,(H,27,31)(H,26,28,32)/b9-8-. The molecule has 0 atom stereocenters. The fourth-order valence-electron chi connectivity index (χ4n) is 3.49. The minimum atomic E-state index is -0.406. The molecule has 0 saturated carbocycles. The predicted molar refractivity (Wildman–Crippen MR) is 138 cm³/mol. The van der Waals surface area contributed by atoms with Gasteiger partial charge in [0.15, 0.2) is 11.5 Å². The molecule has 0 saturated heterocycles. The van der Waals surface area contributed by atoms with Crippen molar-refractivity contribution in [2.45, 2.75) is 13.3 Å². The number of H-pyrrole nitrogens is 1. The Morgan fingerprint density at radius 2 is 1.89 bits per heavy atom. The average molecular weight is 508 g/mol. The molecule has 186 valence electrons. The van der Waals surface area contributed by atoms with E-state index in [0.29, 0.717) is 46.4 Å². The van der Waals surface area contributed by atoms with Gasteiger partial charge < -0.3 is 19.5 Å². The Labute approximate surface area is 211 Å². The SMILES string of the molecule is CCc1cc(=O)[nH]c(-n2nc(-c3cccs3)cc2NC(=O)/C=C\c2cc(OC)c(OC)c(OC)c2)n1. The van der Waals surface area contributed by atoms with Crippen molar-refractivity contribution >= 4 is 29.1 Å². The number of aromatic nitrogens is 4. The van der Waals surface area contributed by atoms with Crippen LogP contribution in [0.3, 0.4) is 0 Å². The van der Waals surface area contributed by atoms with Crippen molar-refractivity contribution in [3.05, 3.63) is 69.5 Å². The van der Waals surface area contributed by atoms with Gasteiger partial charge in [-0.25, -0.2) is 4.98 Å². The number of methoxy groups -OCH3 is 3. The largest absolute Gasteiger partial charge is 0.493 e. The van der Waals surface area contributed by atoms with E-state index in [1.54, 1.807) is 24.3 Å². The second-order valence-corrected chi connectivity index (χ2v) is 8.45. The van der Waals surface area contributed by atoms with Gasteiger partial charge >= 0.3 is 0 Å². The zero-order valence-electron chi connectivity index (χ0n) is 20.2. The van der Waals surface area contributed by atoms with Gasteiger partial charge in [0.25, 0.3) is 5.56 Å². The molecule has 4 rings (SSSR count). The summed E-state index contributed by atoms with van der Waals surface area (Å²) < 4.78 is 17.5. The second kappa shape index (κ2) is 10.9. The maximum absolute atomic E-state index is 12.9. The summed E-state index contributed by atoms with van der Waals surface area (Å²) in [6, 6.07) is 10.5. The molecular weight excluding hydrogens is 482 g/mol. The number of rotatable bonds is 9. The number of benzene rings is 1. The number of amides is 1. The summed E-state index contributed by atoms with van der Waals surface area (Å²) in [5.74, 6) is 1.57. The van der Waals surface area contributed by atoms with Crippen LogP contribution in [-0.4, -0.2) is 47.0 Å². The molecule has 36 heavy (non-hydrogen) atoms. The lowest BCUT2D eigenvalue weighted by Crippen LogP contribution is -2.18. The number of carbonyl (C=O) groups is 1. The summed E-state index contributed by atoms with van der Waals surface area (Å²) in [6.07, 6.45) is 3.58. The first-order valence-corrected chi connectivity index (χ1v) is 11.9. The third kappa shape index (κ3) is 5.31. The van der Waals surface area contributed by atoms with Crippen molar-refractivity contribution in [2.75, 3.05) is 26.6 Å². The van der Waals surface area contributed by atoms with Crippen LogP contribution in [-0.2, 0) is 11.2 Å². The molecule has 11 heteroatoms. The van der Waals surface area contributed by atoms with Crippen molar-refractivity contribution in [3.63, 3.8) is 0 Å². The van der Waals surface area contributed by atoms with Crippen LogP contribution in [0.2, 0.25) is 0 Å². The first-order valence-electron chi connectivity index (χ1n) is 11.0. The highest BCUT2D eigenvalue weighted by Gasteiger charge is 2.16. The van der Waals surface area contributed by atoms with Gasteiger partial charge in [-0.05, 0) is 41.6 Å².